The molecule has 0 unspecified atom stereocenters. The number of benzene rings is 1. The van der Waals surface area contributed by atoms with Gasteiger partial charge in [-0.15, -0.1) is 0 Å². The highest BCUT2D eigenvalue weighted by molar-refractivity contribution is 9.10. The van der Waals surface area contributed by atoms with Crippen molar-refractivity contribution in [1.82, 2.24) is 4.90 Å². The molecule has 1 aromatic carbocycles. The molecule has 0 radical (unpaired) electrons. The lowest BCUT2D eigenvalue weighted by atomic mass is 10.3. The third-order valence-electron chi connectivity index (χ3n) is 2.90. The second-order valence-corrected chi connectivity index (χ2v) is 5.34. The van der Waals surface area contributed by atoms with Crippen LogP contribution in [0.4, 0.5) is 5.69 Å². The van der Waals surface area contributed by atoms with Crippen molar-refractivity contribution >= 4 is 27.5 Å². The summed E-state index contributed by atoms with van der Waals surface area (Å²) in [5.74, 6) is 0.653. The molecule has 0 heterocycles. The number of nitrogen functional groups attached to an aromatic ring is 1. The minimum Gasteiger partial charge on any atom is -0.484 e. The van der Waals surface area contributed by atoms with E-state index in [1.807, 2.05) is 11.8 Å². The molecule has 2 rings (SSSR count). The molecule has 1 amide bonds. The molecule has 1 saturated carbocycles. The maximum atomic E-state index is 12.0. The van der Waals surface area contributed by atoms with Gasteiger partial charge in [0.1, 0.15) is 5.75 Å². The third kappa shape index (κ3) is 3.38. The average molecular weight is 313 g/mol. The number of likely N-dealkylation sites (N-methyl/N-ethyl adjacent to an activating group) is 1. The first-order chi connectivity index (χ1) is 8.60. The van der Waals surface area contributed by atoms with Gasteiger partial charge in [0.15, 0.2) is 6.61 Å². The van der Waals surface area contributed by atoms with Gasteiger partial charge in [0.25, 0.3) is 5.91 Å². The largest absolute Gasteiger partial charge is 0.484 e. The number of hydrogen-bond donors (Lipinski definition) is 1. The zero-order valence-electron chi connectivity index (χ0n) is 10.4. The molecule has 2 N–H and O–H groups in total. The van der Waals surface area contributed by atoms with Gasteiger partial charge in [0.05, 0.1) is 0 Å². The van der Waals surface area contributed by atoms with Crippen LogP contribution in [0.1, 0.15) is 19.8 Å². The van der Waals surface area contributed by atoms with E-state index in [1.165, 1.54) is 0 Å². The summed E-state index contributed by atoms with van der Waals surface area (Å²) in [4.78, 5) is 13.8. The van der Waals surface area contributed by atoms with Crippen molar-refractivity contribution in [2.75, 3.05) is 18.9 Å². The number of carbonyl (C=O) groups excluding carboxylic acids is 1. The fraction of sp³-hybridized carbons (Fsp3) is 0.462. The quantitative estimate of drug-likeness (QED) is 0.850. The number of nitrogens with zero attached hydrogens (tertiary/aromatic N) is 1. The summed E-state index contributed by atoms with van der Waals surface area (Å²) >= 11 is 3.34. The Morgan fingerprint density at radius 2 is 2.22 bits per heavy atom. The van der Waals surface area contributed by atoms with E-state index in [1.54, 1.807) is 18.2 Å². The number of hydrogen-bond acceptors (Lipinski definition) is 3. The van der Waals surface area contributed by atoms with Crippen LogP contribution in [-0.2, 0) is 4.79 Å². The van der Waals surface area contributed by atoms with Gasteiger partial charge in [-0.3, -0.25) is 4.79 Å². The molecule has 0 bridgehead atoms. The molecule has 0 saturated heterocycles. The zero-order valence-corrected chi connectivity index (χ0v) is 11.9. The van der Waals surface area contributed by atoms with Crippen molar-refractivity contribution in [2.45, 2.75) is 25.8 Å². The van der Waals surface area contributed by atoms with Crippen LogP contribution < -0.4 is 10.5 Å². The lowest BCUT2D eigenvalue weighted by molar-refractivity contribution is -0.133. The Balaban J connectivity index is 1.92. The molecule has 98 valence electrons. The van der Waals surface area contributed by atoms with E-state index in [0.29, 0.717) is 17.5 Å². The summed E-state index contributed by atoms with van der Waals surface area (Å²) in [6.45, 7) is 2.81. The maximum Gasteiger partial charge on any atom is 0.260 e. The van der Waals surface area contributed by atoms with Gasteiger partial charge in [0.2, 0.25) is 0 Å². The van der Waals surface area contributed by atoms with E-state index >= 15 is 0 Å². The monoisotopic (exact) mass is 312 g/mol. The zero-order chi connectivity index (χ0) is 13.1. The van der Waals surface area contributed by atoms with Gasteiger partial charge < -0.3 is 15.4 Å². The fourth-order valence-corrected chi connectivity index (χ4v) is 2.41. The summed E-state index contributed by atoms with van der Waals surface area (Å²) < 4.78 is 6.34. The molecule has 0 atom stereocenters. The molecular weight excluding hydrogens is 296 g/mol. The van der Waals surface area contributed by atoms with E-state index < -0.39 is 0 Å². The molecule has 5 heteroatoms. The lowest BCUT2D eigenvalue weighted by Gasteiger charge is -2.20. The Hall–Kier alpha value is -1.23. The molecular formula is C13H17BrN2O2. The van der Waals surface area contributed by atoms with Crippen LogP contribution in [0.5, 0.6) is 5.75 Å². The standard InChI is InChI=1S/C13H17BrN2O2/c1-2-16(11-3-4-11)13(17)8-18-12-6-9(14)5-10(15)7-12/h5-7,11H,2-4,8,15H2,1H3. The normalized spacial score (nSPS) is 14.3. The number of rotatable bonds is 5. The molecule has 18 heavy (non-hydrogen) atoms. The van der Waals surface area contributed by atoms with Crippen LogP contribution in [0.15, 0.2) is 22.7 Å². The van der Waals surface area contributed by atoms with Gasteiger partial charge in [-0.1, -0.05) is 15.9 Å². The average Bonchev–Trinajstić information content (AvgIpc) is 3.10. The molecule has 1 aromatic rings. The Labute approximate surface area is 115 Å². The highest BCUT2D eigenvalue weighted by atomic mass is 79.9. The first-order valence-electron chi connectivity index (χ1n) is 6.08. The van der Waals surface area contributed by atoms with Crippen LogP contribution in [0.3, 0.4) is 0 Å². The highest BCUT2D eigenvalue weighted by Gasteiger charge is 2.31. The van der Waals surface area contributed by atoms with E-state index in [-0.39, 0.29) is 12.5 Å². The van der Waals surface area contributed by atoms with Crippen molar-refractivity contribution in [3.8, 4) is 5.75 Å². The number of anilines is 1. The second-order valence-electron chi connectivity index (χ2n) is 4.42. The van der Waals surface area contributed by atoms with Crippen molar-refractivity contribution < 1.29 is 9.53 Å². The highest BCUT2D eigenvalue weighted by Crippen LogP contribution is 2.27. The summed E-state index contributed by atoms with van der Waals surface area (Å²) in [6.07, 6.45) is 2.23. The van der Waals surface area contributed by atoms with Crippen LogP contribution in [0, 0.1) is 0 Å². The van der Waals surface area contributed by atoms with E-state index in [0.717, 1.165) is 23.9 Å². The SMILES string of the molecule is CCN(C(=O)COc1cc(N)cc(Br)c1)C1CC1. The van der Waals surface area contributed by atoms with Gasteiger partial charge >= 0.3 is 0 Å². The van der Waals surface area contributed by atoms with E-state index in [2.05, 4.69) is 15.9 Å². The summed E-state index contributed by atoms with van der Waals surface area (Å²) in [5.41, 5.74) is 6.32. The first kappa shape index (κ1) is 13.2. The molecule has 0 spiro atoms. The maximum absolute atomic E-state index is 12.0. The van der Waals surface area contributed by atoms with Crippen LogP contribution in [-0.4, -0.2) is 30.0 Å². The Bertz CT molecular complexity index is 426. The number of halogens is 1. The number of amides is 1. The Morgan fingerprint density at radius 3 is 2.78 bits per heavy atom. The summed E-state index contributed by atoms with van der Waals surface area (Å²) in [5, 5.41) is 0. The minimum atomic E-state index is 0.0403. The molecule has 0 aromatic heterocycles. The summed E-state index contributed by atoms with van der Waals surface area (Å²) in [7, 11) is 0. The van der Waals surface area contributed by atoms with Gasteiger partial charge in [-0.2, -0.15) is 0 Å². The molecule has 1 aliphatic rings. The smallest absolute Gasteiger partial charge is 0.260 e. The number of carbonyl (C=O) groups is 1. The third-order valence-corrected chi connectivity index (χ3v) is 3.36. The van der Waals surface area contributed by atoms with Crippen molar-refractivity contribution in [3.63, 3.8) is 0 Å². The van der Waals surface area contributed by atoms with Gasteiger partial charge in [-0.25, -0.2) is 0 Å². The van der Waals surface area contributed by atoms with Crippen molar-refractivity contribution in [3.05, 3.63) is 22.7 Å². The van der Waals surface area contributed by atoms with Gasteiger partial charge in [-0.05, 0) is 31.9 Å². The van der Waals surface area contributed by atoms with E-state index in [9.17, 15) is 4.79 Å². The van der Waals surface area contributed by atoms with Crippen LogP contribution >= 0.6 is 15.9 Å². The molecule has 4 nitrogen and oxygen atoms in total. The Kier molecular flexibility index (Phi) is 4.11. The molecule has 1 fully saturated rings. The molecule has 1 aliphatic carbocycles. The van der Waals surface area contributed by atoms with Crippen LogP contribution in [0.2, 0.25) is 0 Å². The predicted molar refractivity (Wildman–Crippen MR) is 74.5 cm³/mol. The summed E-state index contributed by atoms with van der Waals surface area (Å²) in [6, 6.07) is 5.73. The first-order valence-corrected chi connectivity index (χ1v) is 6.87. The fourth-order valence-electron chi connectivity index (χ4n) is 1.92. The van der Waals surface area contributed by atoms with Crippen molar-refractivity contribution in [1.29, 1.82) is 0 Å². The van der Waals surface area contributed by atoms with Crippen molar-refractivity contribution in [2.24, 2.45) is 0 Å². The van der Waals surface area contributed by atoms with Crippen LogP contribution in [0.25, 0.3) is 0 Å². The number of ether oxygens (including phenoxy) is 1. The van der Waals surface area contributed by atoms with Gasteiger partial charge in [0, 0.05) is 28.8 Å². The molecule has 0 aliphatic heterocycles. The topological polar surface area (TPSA) is 55.6 Å². The Morgan fingerprint density at radius 1 is 1.50 bits per heavy atom. The minimum absolute atomic E-state index is 0.0403. The number of nitrogens with two attached hydrogens (primary N) is 1. The lowest BCUT2D eigenvalue weighted by Crippen LogP contribution is -2.36. The predicted octanol–water partition coefficient (Wildman–Crippen LogP) is 2.42. The van der Waals surface area contributed by atoms with E-state index in [4.69, 9.17) is 10.5 Å². The second kappa shape index (κ2) is 5.61.